The van der Waals surface area contributed by atoms with Gasteiger partial charge in [0.1, 0.15) is 0 Å². The van der Waals surface area contributed by atoms with E-state index in [0.717, 1.165) is 0 Å². The van der Waals surface area contributed by atoms with Crippen LogP contribution < -0.4 is 0 Å². The van der Waals surface area contributed by atoms with Crippen molar-refractivity contribution in [2.45, 2.75) is 39.5 Å². The molecule has 0 saturated heterocycles. The van der Waals surface area contributed by atoms with Crippen LogP contribution in [0.4, 0.5) is 4.39 Å². The van der Waals surface area contributed by atoms with E-state index < -0.39 is 18.2 Å². The summed E-state index contributed by atoms with van der Waals surface area (Å²) in [6.07, 6.45) is -2.90. The molecule has 0 aromatic heterocycles. The van der Waals surface area contributed by atoms with Crippen LogP contribution in [0.1, 0.15) is 27.2 Å². The van der Waals surface area contributed by atoms with Gasteiger partial charge in [0.05, 0.1) is 12.7 Å². The lowest BCUT2D eigenvalue weighted by molar-refractivity contribution is -0.153. The smallest absolute Gasteiger partial charge is 0.343 e. The number of carbonyl (C=O) groups excluding carboxylic acids is 1. The highest BCUT2D eigenvalue weighted by Crippen LogP contribution is 2.11. The molecular formula is C9H17FO3. The molecule has 2 unspecified atom stereocenters. The van der Waals surface area contributed by atoms with Crippen LogP contribution in [0.15, 0.2) is 0 Å². The first kappa shape index (κ1) is 12.4. The number of rotatable bonds is 5. The Morgan fingerprint density at radius 1 is 1.54 bits per heavy atom. The van der Waals surface area contributed by atoms with E-state index in [4.69, 9.17) is 0 Å². The first-order valence-electron chi connectivity index (χ1n) is 4.47. The fourth-order valence-corrected chi connectivity index (χ4v) is 0.981. The van der Waals surface area contributed by atoms with Crippen molar-refractivity contribution in [2.24, 2.45) is 5.92 Å². The van der Waals surface area contributed by atoms with Gasteiger partial charge < -0.3 is 9.84 Å². The first-order valence-corrected chi connectivity index (χ1v) is 4.47. The third kappa shape index (κ3) is 4.83. The molecule has 3 nitrogen and oxygen atoms in total. The molecule has 13 heavy (non-hydrogen) atoms. The molecule has 0 fully saturated rings. The van der Waals surface area contributed by atoms with Crippen molar-refractivity contribution in [3.8, 4) is 0 Å². The lowest BCUT2D eigenvalue weighted by Crippen LogP contribution is -2.32. The van der Waals surface area contributed by atoms with Crippen LogP contribution in [0.5, 0.6) is 0 Å². The number of alkyl halides is 1. The minimum Gasteiger partial charge on any atom is -0.464 e. The molecule has 0 aliphatic carbocycles. The van der Waals surface area contributed by atoms with E-state index in [-0.39, 0.29) is 18.9 Å². The molecule has 1 N–H and O–H groups in total. The average Bonchev–Trinajstić information content (AvgIpc) is 2.02. The van der Waals surface area contributed by atoms with Crippen LogP contribution in [0.3, 0.4) is 0 Å². The van der Waals surface area contributed by atoms with Gasteiger partial charge in [-0.1, -0.05) is 13.8 Å². The predicted molar refractivity (Wildman–Crippen MR) is 47.0 cm³/mol. The van der Waals surface area contributed by atoms with E-state index in [0.29, 0.717) is 0 Å². The highest BCUT2D eigenvalue weighted by molar-refractivity contribution is 5.75. The monoisotopic (exact) mass is 192 g/mol. The van der Waals surface area contributed by atoms with Gasteiger partial charge in [0.25, 0.3) is 0 Å². The summed E-state index contributed by atoms with van der Waals surface area (Å²) in [6.45, 7) is 5.43. The fraction of sp³-hybridized carbons (Fsp3) is 0.889. The molecule has 78 valence electrons. The summed E-state index contributed by atoms with van der Waals surface area (Å²) in [7, 11) is 0. The van der Waals surface area contributed by atoms with Crippen LogP contribution >= 0.6 is 0 Å². The maximum absolute atomic E-state index is 13.0. The van der Waals surface area contributed by atoms with Crippen LogP contribution in [0, 0.1) is 5.92 Å². The van der Waals surface area contributed by atoms with Gasteiger partial charge in [-0.3, -0.25) is 0 Å². The molecule has 0 heterocycles. The number of aliphatic hydroxyl groups is 1. The molecule has 0 bridgehead atoms. The van der Waals surface area contributed by atoms with E-state index in [1.807, 2.05) is 13.8 Å². The Labute approximate surface area is 77.9 Å². The first-order chi connectivity index (χ1) is 5.99. The molecule has 0 radical (unpaired) electrons. The van der Waals surface area contributed by atoms with Gasteiger partial charge in [-0.05, 0) is 19.3 Å². The largest absolute Gasteiger partial charge is 0.464 e. The molecule has 0 amide bonds. The maximum atomic E-state index is 13.0. The van der Waals surface area contributed by atoms with E-state index in [1.165, 1.54) is 0 Å². The van der Waals surface area contributed by atoms with Crippen molar-refractivity contribution in [2.75, 3.05) is 6.61 Å². The number of hydrogen-bond donors (Lipinski definition) is 1. The quantitative estimate of drug-likeness (QED) is 0.668. The standard InChI is InChI=1S/C9H17FO3/c1-4-13-9(12)8(10)7(11)5-6(2)3/h6-8,11H,4-5H2,1-3H3. The summed E-state index contributed by atoms with van der Waals surface area (Å²) in [5.74, 6) is -0.821. The number of carbonyl (C=O) groups is 1. The zero-order valence-electron chi connectivity index (χ0n) is 8.29. The summed E-state index contributed by atoms with van der Waals surface area (Å²) in [5, 5.41) is 9.21. The summed E-state index contributed by atoms with van der Waals surface area (Å²) in [5.41, 5.74) is 0. The Balaban J connectivity index is 3.93. The topological polar surface area (TPSA) is 46.5 Å². The molecule has 4 heteroatoms. The molecule has 0 aliphatic heterocycles. The molecule has 0 spiro atoms. The number of ether oxygens (including phenoxy) is 1. The van der Waals surface area contributed by atoms with Gasteiger partial charge in [-0.15, -0.1) is 0 Å². The van der Waals surface area contributed by atoms with E-state index >= 15 is 0 Å². The van der Waals surface area contributed by atoms with Crippen molar-refractivity contribution in [1.29, 1.82) is 0 Å². The predicted octanol–water partition coefficient (Wildman–Crippen LogP) is 1.29. The van der Waals surface area contributed by atoms with Gasteiger partial charge in [-0.25, -0.2) is 9.18 Å². The Kier molecular flexibility index (Phi) is 5.62. The number of halogens is 1. The Hall–Kier alpha value is -0.640. The van der Waals surface area contributed by atoms with E-state index in [1.54, 1.807) is 6.92 Å². The normalized spacial score (nSPS) is 15.5. The Morgan fingerprint density at radius 2 is 2.08 bits per heavy atom. The molecule has 0 aromatic rings. The second-order valence-corrected chi connectivity index (χ2v) is 3.35. The third-order valence-electron chi connectivity index (χ3n) is 1.56. The van der Waals surface area contributed by atoms with Crippen molar-refractivity contribution < 1.29 is 19.0 Å². The number of esters is 1. The zero-order valence-corrected chi connectivity index (χ0v) is 8.29. The number of hydrogen-bond acceptors (Lipinski definition) is 3. The van der Waals surface area contributed by atoms with Crippen molar-refractivity contribution in [3.63, 3.8) is 0 Å². The average molecular weight is 192 g/mol. The lowest BCUT2D eigenvalue weighted by Gasteiger charge is -2.15. The zero-order chi connectivity index (χ0) is 10.4. The van der Waals surface area contributed by atoms with Gasteiger partial charge in [0.2, 0.25) is 6.17 Å². The second kappa shape index (κ2) is 5.91. The van der Waals surface area contributed by atoms with E-state index in [2.05, 4.69) is 4.74 Å². The van der Waals surface area contributed by atoms with Gasteiger partial charge in [0.15, 0.2) is 0 Å². The fourth-order valence-electron chi connectivity index (χ4n) is 0.981. The minimum atomic E-state index is -1.91. The SMILES string of the molecule is CCOC(=O)C(F)C(O)CC(C)C. The van der Waals surface area contributed by atoms with Crippen LogP contribution in [0.2, 0.25) is 0 Å². The molecule has 0 rings (SSSR count). The Morgan fingerprint density at radius 3 is 2.46 bits per heavy atom. The van der Waals surface area contributed by atoms with Crippen molar-refractivity contribution in [3.05, 3.63) is 0 Å². The molecular weight excluding hydrogens is 175 g/mol. The van der Waals surface area contributed by atoms with Gasteiger partial charge >= 0.3 is 5.97 Å². The summed E-state index contributed by atoms with van der Waals surface area (Å²) in [6, 6.07) is 0. The molecule has 0 aliphatic rings. The molecule has 0 aromatic carbocycles. The molecule has 0 saturated carbocycles. The van der Waals surface area contributed by atoms with Crippen LogP contribution in [-0.2, 0) is 9.53 Å². The van der Waals surface area contributed by atoms with Crippen molar-refractivity contribution in [1.82, 2.24) is 0 Å². The highest BCUT2D eigenvalue weighted by atomic mass is 19.1. The summed E-state index contributed by atoms with van der Waals surface area (Å²) >= 11 is 0. The van der Waals surface area contributed by atoms with Crippen LogP contribution in [0.25, 0.3) is 0 Å². The summed E-state index contributed by atoms with van der Waals surface area (Å²) in [4.78, 5) is 10.8. The highest BCUT2D eigenvalue weighted by Gasteiger charge is 2.27. The Bertz CT molecular complexity index is 159. The van der Waals surface area contributed by atoms with E-state index in [9.17, 15) is 14.3 Å². The number of aliphatic hydroxyl groups excluding tert-OH is 1. The minimum absolute atomic E-state index is 0.133. The maximum Gasteiger partial charge on any atom is 0.343 e. The third-order valence-corrected chi connectivity index (χ3v) is 1.56. The lowest BCUT2D eigenvalue weighted by atomic mass is 10.0. The van der Waals surface area contributed by atoms with Gasteiger partial charge in [0, 0.05) is 0 Å². The van der Waals surface area contributed by atoms with Crippen LogP contribution in [-0.4, -0.2) is 30.0 Å². The summed E-state index contributed by atoms with van der Waals surface area (Å²) < 4.78 is 17.4. The van der Waals surface area contributed by atoms with Crippen molar-refractivity contribution >= 4 is 5.97 Å². The molecule has 2 atom stereocenters. The van der Waals surface area contributed by atoms with Gasteiger partial charge in [-0.2, -0.15) is 0 Å². The second-order valence-electron chi connectivity index (χ2n) is 3.35.